The van der Waals surface area contributed by atoms with Gasteiger partial charge >= 0.3 is 0 Å². The van der Waals surface area contributed by atoms with Crippen LogP contribution in [0.2, 0.25) is 0 Å². The van der Waals surface area contributed by atoms with E-state index in [4.69, 9.17) is 5.73 Å². The molecule has 26 heavy (non-hydrogen) atoms. The summed E-state index contributed by atoms with van der Waals surface area (Å²) in [7, 11) is 0. The molecule has 1 aromatic heterocycles. The average Bonchev–Trinajstić information content (AvgIpc) is 3.30. The molecule has 2 aliphatic rings. The number of nitrogens with two attached hydrogens (primary N) is 1. The van der Waals surface area contributed by atoms with Gasteiger partial charge in [0.25, 0.3) is 0 Å². The molecule has 0 radical (unpaired) electrons. The Bertz CT molecular complexity index is 679. The van der Waals surface area contributed by atoms with Crippen molar-refractivity contribution < 1.29 is 9.59 Å². The maximum absolute atomic E-state index is 12.7. The molecule has 2 amide bonds. The van der Waals surface area contributed by atoms with E-state index in [9.17, 15) is 9.59 Å². The lowest BCUT2D eigenvalue weighted by Crippen LogP contribution is -2.43. The van der Waals surface area contributed by atoms with Crippen LogP contribution in [-0.2, 0) is 16.1 Å². The van der Waals surface area contributed by atoms with Crippen molar-refractivity contribution in [1.29, 1.82) is 0 Å². The van der Waals surface area contributed by atoms with Crippen LogP contribution in [0.5, 0.6) is 0 Å². The van der Waals surface area contributed by atoms with E-state index in [0.29, 0.717) is 19.6 Å². The molecule has 0 aromatic carbocycles. The van der Waals surface area contributed by atoms with Crippen LogP contribution in [0.3, 0.4) is 0 Å². The number of rotatable bonds is 5. The number of likely N-dealkylation sites (tertiary alicyclic amines) is 1. The molecular weight excluding hydrogens is 330 g/mol. The van der Waals surface area contributed by atoms with Gasteiger partial charge in [-0.15, -0.1) is 0 Å². The lowest BCUT2D eigenvalue weighted by Gasteiger charge is -2.24. The van der Waals surface area contributed by atoms with Gasteiger partial charge in [0.05, 0.1) is 11.6 Å². The zero-order valence-corrected chi connectivity index (χ0v) is 16.1. The van der Waals surface area contributed by atoms with Crippen LogP contribution in [0.1, 0.15) is 44.0 Å². The van der Waals surface area contributed by atoms with Gasteiger partial charge < -0.3 is 16.0 Å². The third-order valence-corrected chi connectivity index (χ3v) is 5.78. The van der Waals surface area contributed by atoms with E-state index in [0.717, 1.165) is 43.6 Å². The number of nitrogens with zero attached hydrogens (tertiary/aromatic N) is 3. The quantitative estimate of drug-likeness (QED) is 0.818. The van der Waals surface area contributed by atoms with Gasteiger partial charge in [-0.25, -0.2) is 0 Å². The number of nitrogens with one attached hydrogen (secondary N) is 1. The van der Waals surface area contributed by atoms with Crippen LogP contribution in [0.25, 0.3) is 0 Å². The highest BCUT2D eigenvalue weighted by Crippen LogP contribution is 2.46. The Balaban J connectivity index is 1.56. The van der Waals surface area contributed by atoms with E-state index in [2.05, 4.69) is 28.1 Å². The standard InChI is InChI=1S/C19H31N5O2/c1-13-8-14(2)24(22-13)12-19(6-7-19)11-21-18(26)16-4-5-17(20)10-23(9-16)15(3)25/h8,16-17H,4-7,9-12,20H2,1-3H3,(H,21,26)/t16-,17+/m1/s1. The van der Waals surface area contributed by atoms with E-state index < -0.39 is 0 Å². The van der Waals surface area contributed by atoms with Gasteiger partial charge in [-0.05, 0) is 45.6 Å². The Hall–Kier alpha value is -1.89. The van der Waals surface area contributed by atoms with Crippen LogP contribution >= 0.6 is 0 Å². The first kappa shape index (κ1) is 18.9. The third-order valence-electron chi connectivity index (χ3n) is 5.78. The summed E-state index contributed by atoms with van der Waals surface area (Å²) in [4.78, 5) is 26.2. The molecule has 2 heterocycles. The van der Waals surface area contributed by atoms with Crippen molar-refractivity contribution in [3.05, 3.63) is 17.5 Å². The van der Waals surface area contributed by atoms with Gasteiger partial charge in [0, 0.05) is 50.3 Å². The van der Waals surface area contributed by atoms with Crippen molar-refractivity contribution in [1.82, 2.24) is 20.0 Å². The minimum atomic E-state index is -0.170. The summed E-state index contributed by atoms with van der Waals surface area (Å²) in [6, 6.07) is 2.04. The van der Waals surface area contributed by atoms with Crippen LogP contribution in [-0.4, -0.2) is 52.2 Å². The summed E-state index contributed by atoms with van der Waals surface area (Å²) in [5.74, 6) is -0.134. The molecule has 1 saturated carbocycles. The van der Waals surface area contributed by atoms with Gasteiger partial charge in [0.15, 0.2) is 0 Å². The van der Waals surface area contributed by atoms with E-state index in [1.807, 2.05) is 6.92 Å². The molecular formula is C19H31N5O2. The molecule has 0 bridgehead atoms. The summed E-state index contributed by atoms with van der Waals surface area (Å²) >= 11 is 0. The van der Waals surface area contributed by atoms with Crippen LogP contribution in [0.4, 0.5) is 0 Å². The predicted octanol–water partition coefficient (Wildman–Crippen LogP) is 0.982. The van der Waals surface area contributed by atoms with Crippen LogP contribution in [0.15, 0.2) is 6.07 Å². The summed E-state index contributed by atoms with van der Waals surface area (Å²) in [6.07, 6.45) is 3.74. The van der Waals surface area contributed by atoms with Crippen molar-refractivity contribution >= 4 is 11.8 Å². The van der Waals surface area contributed by atoms with E-state index in [-0.39, 0.29) is 29.2 Å². The summed E-state index contributed by atoms with van der Waals surface area (Å²) in [5.41, 5.74) is 8.36. The SMILES string of the molecule is CC(=O)N1C[C@@H](N)CC[C@@H](C(=O)NCC2(Cn3nc(C)cc3C)CC2)C1. The predicted molar refractivity (Wildman–Crippen MR) is 99.3 cm³/mol. The lowest BCUT2D eigenvalue weighted by atomic mass is 10.0. The fourth-order valence-corrected chi connectivity index (χ4v) is 3.83. The second-order valence-electron chi connectivity index (χ2n) is 8.26. The van der Waals surface area contributed by atoms with Gasteiger partial charge in [0.2, 0.25) is 11.8 Å². The molecule has 1 aliphatic carbocycles. The van der Waals surface area contributed by atoms with Gasteiger partial charge in [0.1, 0.15) is 0 Å². The normalized spacial score (nSPS) is 24.8. The average molecular weight is 361 g/mol. The lowest BCUT2D eigenvalue weighted by molar-refractivity contribution is -0.131. The first-order valence-electron chi connectivity index (χ1n) is 9.58. The molecule has 1 saturated heterocycles. The molecule has 144 valence electrons. The largest absolute Gasteiger partial charge is 0.355 e. The van der Waals surface area contributed by atoms with E-state index in [1.54, 1.807) is 11.8 Å². The fraction of sp³-hybridized carbons (Fsp3) is 0.737. The van der Waals surface area contributed by atoms with Crippen LogP contribution in [0, 0.1) is 25.2 Å². The van der Waals surface area contributed by atoms with Crippen molar-refractivity contribution in [3.8, 4) is 0 Å². The van der Waals surface area contributed by atoms with Gasteiger partial charge in [-0.1, -0.05) is 0 Å². The Morgan fingerprint density at radius 3 is 2.62 bits per heavy atom. The second-order valence-corrected chi connectivity index (χ2v) is 8.26. The van der Waals surface area contributed by atoms with Crippen molar-refractivity contribution in [3.63, 3.8) is 0 Å². The Labute approximate surface area is 155 Å². The van der Waals surface area contributed by atoms with Crippen LogP contribution < -0.4 is 11.1 Å². The highest BCUT2D eigenvalue weighted by molar-refractivity contribution is 5.80. The Kier molecular flexibility index (Phi) is 5.37. The maximum Gasteiger partial charge on any atom is 0.224 e. The molecule has 2 fully saturated rings. The smallest absolute Gasteiger partial charge is 0.224 e. The second kappa shape index (κ2) is 7.39. The number of carbonyl (C=O) groups is 2. The maximum atomic E-state index is 12.7. The third kappa shape index (κ3) is 4.44. The molecule has 2 atom stereocenters. The summed E-state index contributed by atoms with van der Waals surface area (Å²) in [5, 5.41) is 7.69. The first-order valence-corrected chi connectivity index (χ1v) is 9.58. The zero-order valence-electron chi connectivity index (χ0n) is 16.1. The molecule has 3 rings (SSSR count). The van der Waals surface area contributed by atoms with Crippen molar-refractivity contribution in [2.45, 2.75) is 59.0 Å². The first-order chi connectivity index (χ1) is 12.3. The summed E-state index contributed by atoms with van der Waals surface area (Å²) in [6.45, 7) is 8.15. The Morgan fingerprint density at radius 2 is 2.04 bits per heavy atom. The highest BCUT2D eigenvalue weighted by atomic mass is 16.2. The highest BCUT2D eigenvalue weighted by Gasteiger charge is 2.44. The minimum absolute atomic E-state index is 0.0108. The van der Waals surface area contributed by atoms with Crippen molar-refractivity contribution in [2.24, 2.45) is 17.1 Å². The molecule has 0 spiro atoms. The van der Waals surface area contributed by atoms with E-state index in [1.165, 1.54) is 0 Å². The summed E-state index contributed by atoms with van der Waals surface area (Å²) < 4.78 is 2.05. The number of aromatic nitrogens is 2. The number of aryl methyl sites for hydroxylation is 2. The van der Waals surface area contributed by atoms with E-state index >= 15 is 0 Å². The molecule has 0 unspecified atom stereocenters. The monoisotopic (exact) mass is 361 g/mol. The number of hydrogen-bond donors (Lipinski definition) is 2. The van der Waals surface area contributed by atoms with Gasteiger partial charge in [-0.2, -0.15) is 5.10 Å². The zero-order chi connectivity index (χ0) is 18.9. The molecule has 1 aromatic rings. The topological polar surface area (TPSA) is 93.2 Å². The number of hydrogen-bond acceptors (Lipinski definition) is 4. The minimum Gasteiger partial charge on any atom is -0.355 e. The molecule has 3 N–H and O–H groups in total. The number of amides is 2. The van der Waals surface area contributed by atoms with Crippen molar-refractivity contribution in [2.75, 3.05) is 19.6 Å². The molecule has 1 aliphatic heterocycles. The molecule has 7 heteroatoms. The fourth-order valence-electron chi connectivity index (χ4n) is 3.83. The Morgan fingerprint density at radius 1 is 1.31 bits per heavy atom. The van der Waals surface area contributed by atoms with Gasteiger partial charge in [-0.3, -0.25) is 14.3 Å². The number of carbonyl (C=O) groups excluding carboxylic acids is 2. The molecule has 7 nitrogen and oxygen atoms in total.